The van der Waals surface area contributed by atoms with Gasteiger partial charge in [0.15, 0.2) is 5.96 Å². The summed E-state index contributed by atoms with van der Waals surface area (Å²) in [5.41, 5.74) is 1.78. The summed E-state index contributed by atoms with van der Waals surface area (Å²) in [5, 5.41) is 15.5. The van der Waals surface area contributed by atoms with Crippen LogP contribution in [0.5, 0.6) is 0 Å². The van der Waals surface area contributed by atoms with Gasteiger partial charge in [0.1, 0.15) is 0 Å². The van der Waals surface area contributed by atoms with Crippen molar-refractivity contribution in [2.45, 2.75) is 26.5 Å². The highest BCUT2D eigenvalue weighted by Gasteiger charge is 2.20. The molecule has 1 aliphatic rings. The lowest BCUT2D eigenvalue weighted by Gasteiger charge is -2.34. The highest BCUT2D eigenvalue weighted by molar-refractivity contribution is 14.0. The first-order valence-electron chi connectivity index (χ1n) is 8.88. The van der Waals surface area contributed by atoms with E-state index in [0.29, 0.717) is 18.0 Å². The fraction of sp³-hybridized carbons (Fsp3) is 0.579. The molecule has 1 unspecified atom stereocenters. The summed E-state index contributed by atoms with van der Waals surface area (Å²) in [4.78, 5) is 6.73. The molecule has 1 aromatic rings. The predicted octanol–water partition coefficient (Wildman–Crippen LogP) is 2.20. The van der Waals surface area contributed by atoms with Crippen LogP contribution in [0.15, 0.2) is 29.3 Å². The van der Waals surface area contributed by atoms with Crippen LogP contribution < -0.4 is 10.6 Å². The molecule has 0 radical (unpaired) electrons. The Balaban J connectivity index is 0.00000338. The van der Waals surface area contributed by atoms with E-state index in [0.717, 1.165) is 44.3 Å². The Labute approximate surface area is 174 Å². The molecule has 0 amide bonds. The number of halogens is 1. The largest absolute Gasteiger partial charge is 0.374 e. The van der Waals surface area contributed by atoms with Crippen molar-refractivity contribution < 1.29 is 4.74 Å². The number of hydrogen-bond acceptors (Lipinski definition) is 4. The number of nitrogens with one attached hydrogen (secondary N) is 2. The Bertz CT molecular complexity index is 597. The lowest BCUT2D eigenvalue weighted by Crippen LogP contribution is -2.50. The van der Waals surface area contributed by atoms with E-state index in [1.165, 1.54) is 0 Å². The third-order valence-corrected chi connectivity index (χ3v) is 4.11. The summed E-state index contributed by atoms with van der Waals surface area (Å²) in [7, 11) is 1.76. The number of guanidine groups is 1. The molecule has 1 fully saturated rings. The van der Waals surface area contributed by atoms with Crippen LogP contribution in [0.3, 0.4) is 0 Å². The van der Waals surface area contributed by atoms with Gasteiger partial charge in [-0.3, -0.25) is 9.89 Å². The summed E-state index contributed by atoms with van der Waals surface area (Å²) < 4.78 is 5.86. The summed E-state index contributed by atoms with van der Waals surface area (Å²) in [6.07, 6.45) is 0.181. The third kappa shape index (κ3) is 7.89. The molecule has 6 nitrogen and oxygen atoms in total. The third-order valence-electron chi connectivity index (χ3n) is 4.11. The number of nitrogens with zero attached hydrogens (tertiary/aromatic N) is 3. The Morgan fingerprint density at radius 1 is 1.35 bits per heavy atom. The average Bonchev–Trinajstić information content (AvgIpc) is 2.62. The fourth-order valence-corrected chi connectivity index (χ4v) is 2.90. The van der Waals surface area contributed by atoms with Gasteiger partial charge in [-0.25, -0.2) is 0 Å². The number of hydrogen-bond donors (Lipinski definition) is 2. The zero-order chi connectivity index (χ0) is 18.1. The van der Waals surface area contributed by atoms with Crippen molar-refractivity contribution in [3.63, 3.8) is 0 Å². The maximum atomic E-state index is 8.84. The van der Waals surface area contributed by atoms with Crippen LogP contribution in [0.4, 0.5) is 0 Å². The molecule has 0 spiro atoms. The molecule has 2 N–H and O–H groups in total. The Morgan fingerprint density at radius 3 is 2.69 bits per heavy atom. The van der Waals surface area contributed by atoms with Gasteiger partial charge in [0.2, 0.25) is 0 Å². The van der Waals surface area contributed by atoms with Crippen LogP contribution in [0, 0.1) is 17.2 Å². The second kappa shape index (κ2) is 12.1. The standard InChI is InChI=1S/C19H29N5O.HI/c1-15(2)13-24-8-9-25-18(14-24)12-23-19(21-3)22-11-17-6-4-16(10-20)5-7-17;/h4-7,15,18H,8-9,11-14H2,1-3H3,(H2,21,22,23);1H. The van der Waals surface area contributed by atoms with E-state index in [4.69, 9.17) is 10.00 Å². The molecule has 1 aromatic carbocycles. The van der Waals surface area contributed by atoms with Crippen LogP contribution in [-0.2, 0) is 11.3 Å². The van der Waals surface area contributed by atoms with Crippen molar-refractivity contribution in [1.82, 2.24) is 15.5 Å². The van der Waals surface area contributed by atoms with Crippen molar-refractivity contribution in [3.8, 4) is 6.07 Å². The number of ether oxygens (including phenoxy) is 1. The molecular weight excluding hydrogens is 441 g/mol. The minimum Gasteiger partial charge on any atom is -0.374 e. The topological polar surface area (TPSA) is 72.7 Å². The molecule has 26 heavy (non-hydrogen) atoms. The number of benzene rings is 1. The first kappa shape index (κ1) is 22.7. The minimum atomic E-state index is 0. The van der Waals surface area contributed by atoms with E-state index < -0.39 is 0 Å². The molecule has 2 rings (SSSR count). The monoisotopic (exact) mass is 471 g/mol. The molecule has 1 heterocycles. The van der Waals surface area contributed by atoms with E-state index >= 15 is 0 Å². The van der Waals surface area contributed by atoms with Crippen LogP contribution in [0.25, 0.3) is 0 Å². The Hall–Kier alpha value is -1.37. The first-order chi connectivity index (χ1) is 12.1. The molecule has 0 bridgehead atoms. The van der Waals surface area contributed by atoms with Gasteiger partial charge in [0.05, 0.1) is 24.3 Å². The zero-order valence-corrected chi connectivity index (χ0v) is 18.2. The number of aliphatic imine (C=N–C) groups is 1. The molecule has 0 aliphatic carbocycles. The lowest BCUT2D eigenvalue weighted by molar-refractivity contribution is -0.0284. The van der Waals surface area contributed by atoms with Gasteiger partial charge < -0.3 is 15.4 Å². The van der Waals surface area contributed by atoms with Crippen molar-refractivity contribution in [2.24, 2.45) is 10.9 Å². The van der Waals surface area contributed by atoms with Gasteiger partial charge in [-0.2, -0.15) is 5.26 Å². The summed E-state index contributed by atoms with van der Waals surface area (Å²) in [5.74, 6) is 1.43. The van der Waals surface area contributed by atoms with Gasteiger partial charge in [0, 0.05) is 39.8 Å². The minimum absolute atomic E-state index is 0. The molecule has 7 heteroatoms. The zero-order valence-electron chi connectivity index (χ0n) is 15.9. The average molecular weight is 471 g/mol. The predicted molar refractivity (Wildman–Crippen MR) is 116 cm³/mol. The van der Waals surface area contributed by atoms with Crippen LogP contribution in [0.1, 0.15) is 25.0 Å². The summed E-state index contributed by atoms with van der Waals surface area (Å²) in [6, 6.07) is 9.68. The normalized spacial score (nSPS) is 18.1. The fourth-order valence-electron chi connectivity index (χ4n) is 2.90. The number of morpholine rings is 1. The van der Waals surface area contributed by atoms with Crippen LogP contribution in [-0.4, -0.2) is 56.8 Å². The van der Waals surface area contributed by atoms with Gasteiger partial charge in [-0.05, 0) is 23.6 Å². The molecule has 1 atom stereocenters. The maximum absolute atomic E-state index is 8.84. The lowest BCUT2D eigenvalue weighted by atomic mass is 10.1. The second-order valence-corrected chi connectivity index (χ2v) is 6.76. The van der Waals surface area contributed by atoms with E-state index in [-0.39, 0.29) is 30.1 Å². The molecule has 1 aliphatic heterocycles. The SMILES string of the molecule is CN=C(NCc1ccc(C#N)cc1)NCC1CN(CC(C)C)CCO1.I. The van der Waals surface area contributed by atoms with E-state index in [1.54, 1.807) is 7.05 Å². The maximum Gasteiger partial charge on any atom is 0.191 e. The van der Waals surface area contributed by atoms with E-state index in [1.807, 2.05) is 24.3 Å². The quantitative estimate of drug-likeness (QED) is 0.378. The highest BCUT2D eigenvalue weighted by Crippen LogP contribution is 2.07. The molecule has 144 valence electrons. The summed E-state index contributed by atoms with van der Waals surface area (Å²) >= 11 is 0. The Kier molecular flexibility index (Phi) is 10.5. The number of nitriles is 1. The van der Waals surface area contributed by atoms with Crippen LogP contribution >= 0.6 is 24.0 Å². The van der Waals surface area contributed by atoms with E-state index in [2.05, 4.69) is 40.4 Å². The smallest absolute Gasteiger partial charge is 0.191 e. The van der Waals surface area contributed by atoms with Gasteiger partial charge in [-0.15, -0.1) is 24.0 Å². The Morgan fingerprint density at radius 2 is 2.08 bits per heavy atom. The van der Waals surface area contributed by atoms with E-state index in [9.17, 15) is 0 Å². The molecular formula is C19H30IN5O. The van der Waals surface area contributed by atoms with Gasteiger partial charge >= 0.3 is 0 Å². The van der Waals surface area contributed by atoms with Gasteiger partial charge in [0.25, 0.3) is 0 Å². The highest BCUT2D eigenvalue weighted by atomic mass is 127. The molecule has 1 saturated heterocycles. The van der Waals surface area contributed by atoms with Crippen molar-refractivity contribution in [1.29, 1.82) is 5.26 Å². The van der Waals surface area contributed by atoms with Crippen molar-refractivity contribution in [2.75, 3.05) is 39.8 Å². The van der Waals surface area contributed by atoms with Crippen LogP contribution in [0.2, 0.25) is 0 Å². The van der Waals surface area contributed by atoms with Crippen molar-refractivity contribution >= 4 is 29.9 Å². The first-order valence-corrected chi connectivity index (χ1v) is 8.88. The number of rotatable bonds is 6. The van der Waals surface area contributed by atoms with Gasteiger partial charge in [-0.1, -0.05) is 26.0 Å². The molecule has 0 aromatic heterocycles. The van der Waals surface area contributed by atoms with Crippen molar-refractivity contribution in [3.05, 3.63) is 35.4 Å². The second-order valence-electron chi connectivity index (χ2n) is 6.76. The summed E-state index contributed by atoms with van der Waals surface area (Å²) in [6.45, 7) is 9.77. The molecule has 0 saturated carbocycles.